The van der Waals surface area contributed by atoms with Gasteiger partial charge in [-0.15, -0.1) is 0 Å². The van der Waals surface area contributed by atoms with Crippen molar-refractivity contribution < 1.29 is 0 Å². The summed E-state index contributed by atoms with van der Waals surface area (Å²) in [6.07, 6.45) is 1.58. The number of hydrogen-bond acceptors (Lipinski definition) is 3. The van der Waals surface area contributed by atoms with Crippen molar-refractivity contribution in [2.75, 3.05) is 11.9 Å². The number of rotatable bonds is 3. The molecule has 1 aromatic rings. The first kappa shape index (κ1) is 11.5. The van der Waals surface area contributed by atoms with Crippen molar-refractivity contribution in [2.24, 2.45) is 7.05 Å². The summed E-state index contributed by atoms with van der Waals surface area (Å²) in [5.41, 5.74) is 0.490. The fourth-order valence-electron chi connectivity index (χ4n) is 0.825. The maximum Gasteiger partial charge on any atom is 0.282 e. The van der Waals surface area contributed by atoms with Crippen molar-refractivity contribution in [1.82, 2.24) is 9.78 Å². The van der Waals surface area contributed by atoms with Crippen molar-refractivity contribution in [2.45, 2.75) is 0 Å². The monoisotopic (exact) mass is 321 g/mol. The van der Waals surface area contributed by atoms with E-state index >= 15 is 0 Å². The molecule has 0 aliphatic rings. The molecule has 0 fully saturated rings. The lowest BCUT2D eigenvalue weighted by Gasteiger charge is -2.07. The number of anilines is 1. The standard InChI is InChI=1S/C8H9Br2N3O/c1-5(9)3-11-6-4-12-13(2)8(14)7(6)10/h4,11H,1,3H2,2H3. The Kier molecular flexibility index (Phi) is 3.88. The molecule has 1 rings (SSSR count). The first-order valence-corrected chi connectivity index (χ1v) is 5.40. The molecule has 0 aromatic carbocycles. The van der Waals surface area contributed by atoms with E-state index in [0.29, 0.717) is 16.7 Å². The number of aromatic nitrogens is 2. The summed E-state index contributed by atoms with van der Waals surface area (Å²) in [5.74, 6) is 0. The molecule has 0 atom stereocenters. The molecule has 0 unspecified atom stereocenters. The Morgan fingerprint density at radius 1 is 1.79 bits per heavy atom. The molecule has 0 aliphatic carbocycles. The van der Waals surface area contributed by atoms with Gasteiger partial charge in [-0.2, -0.15) is 5.10 Å². The average Bonchev–Trinajstić information content (AvgIpc) is 2.13. The summed E-state index contributed by atoms with van der Waals surface area (Å²) in [7, 11) is 1.60. The van der Waals surface area contributed by atoms with Crippen LogP contribution in [0.4, 0.5) is 5.69 Å². The van der Waals surface area contributed by atoms with E-state index in [1.165, 1.54) is 4.68 Å². The predicted molar refractivity (Wildman–Crippen MR) is 63.7 cm³/mol. The van der Waals surface area contributed by atoms with Gasteiger partial charge in [0, 0.05) is 18.1 Å². The van der Waals surface area contributed by atoms with Crippen molar-refractivity contribution >= 4 is 37.5 Å². The zero-order chi connectivity index (χ0) is 10.7. The molecule has 0 amide bonds. The normalized spacial score (nSPS) is 9.93. The highest BCUT2D eigenvalue weighted by atomic mass is 79.9. The van der Waals surface area contributed by atoms with Crippen LogP contribution in [0.1, 0.15) is 0 Å². The van der Waals surface area contributed by atoms with Crippen LogP contribution in [-0.2, 0) is 7.05 Å². The molecular formula is C8H9Br2N3O. The van der Waals surface area contributed by atoms with Crippen LogP contribution >= 0.6 is 31.9 Å². The molecule has 14 heavy (non-hydrogen) atoms. The molecule has 0 aliphatic heterocycles. The Labute approximate surface area is 98.3 Å². The van der Waals surface area contributed by atoms with E-state index in [4.69, 9.17) is 0 Å². The molecule has 1 aromatic heterocycles. The zero-order valence-corrected chi connectivity index (χ0v) is 10.7. The van der Waals surface area contributed by atoms with Crippen LogP contribution < -0.4 is 10.9 Å². The van der Waals surface area contributed by atoms with Crippen molar-refractivity contribution in [3.8, 4) is 0 Å². The van der Waals surface area contributed by atoms with Gasteiger partial charge in [0.05, 0.1) is 11.9 Å². The SMILES string of the molecule is C=C(Br)CNc1cnn(C)c(=O)c1Br. The van der Waals surface area contributed by atoms with Crippen LogP contribution in [0.25, 0.3) is 0 Å². The Balaban J connectivity index is 2.94. The van der Waals surface area contributed by atoms with E-state index in [-0.39, 0.29) is 5.56 Å². The van der Waals surface area contributed by atoms with E-state index in [9.17, 15) is 4.79 Å². The largest absolute Gasteiger partial charge is 0.378 e. The third kappa shape index (κ3) is 2.68. The molecular weight excluding hydrogens is 314 g/mol. The van der Waals surface area contributed by atoms with E-state index in [1.807, 2.05) is 0 Å². The van der Waals surface area contributed by atoms with Crippen molar-refractivity contribution in [1.29, 1.82) is 0 Å². The van der Waals surface area contributed by atoms with Crippen molar-refractivity contribution in [3.63, 3.8) is 0 Å². The fraction of sp³-hybridized carbons (Fsp3) is 0.250. The van der Waals surface area contributed by atoms with Crippen molar-refractivity contribution in [3.05, 3.63) is 32.1 Å². The number of nitrogens with zero attached hydrogens (tertiary/aromatic N) is 2. The number of aryl methyl sites for hydroxylation is 1. The summed E-state index contributed by atoms with van der Waals surface area (Å²) < 4.78 is 2.55. The predicted octanol–water partition coefficient (Wildman–Crippen LogP) is 1.86. The first-order chi connectivity index (χ1) is 6.52. The molecule has 76 valence electrons. The summed E-state index contributed by atoms with van der Waals surface area (Å²) in [5, 5.41) is 6.90. The highest BCUT2D eigenvalue weighted by molar-refractivity contribution is 9.11. The van der Waals surface area contributed by atoms with Gasteiger partial charge in [0.1, 0.15) is 4.47 Å². The molecule has 0 bridgehead atoms. The molecule has 0 spiro atoms. The van der Waals surface area contributed by atoms with Crippen LogP contribution in [0.3, 0.4) is 0 Å². The summed E-state index contributed by atoms with van der Waals surface area (Å²) >= 11 is 6.41. The van der Waals surface area contributed by atoms with E-state index in [2.05, 4.69) is 48.9 Å². The van der Waals surface area contributed by atoms with Gasteiger partial charge in [-0.1, -0.05) is 22.5 Å². The van der Waals surface area contributed by atoms with Crippen LogP contribution in [0, 0.1) is 0 Å². The third-order valence-corrected chi connectivity index (χ3v) is 2.60. The highest BCUT2D eigenvalue weighted by Crippen LogP contribution is 2.16. The van der Waals surface area contributed by atoms with Gasteiger partial charge >= 0.3 is 0 Å². The van der Waals surface area contributed by atoms with Gasteiger partial charge in [0.2, 0.25) is 0 Å². The van der Waals surface area contributed by atoms with Gasteiger partial charge in [0.25, 0.3) is 5.56 Å². The van der Waals surface area contributed by atoms with Crippen LogP contribution in [0.15, 0.2) is 26.5 Å². The second-order valence-electron chi connectivity index (χ2n) is 2.67. The van der Waals surface area contributed by atoms with Gasteiger partial charge in [-0.25, -0.2) is 4.68 Å². The lowest BCUT2D eigenvalue weighted by Crippen LogP contribution is -2.21. The smallest absolute Gasteiger partial charge is 0.282 e. The van der Waals surface area contributed by atoms with E-state index in [0.717, 1.165) is 4.48 Å². The molecule has 0 saturated carbocycles. The quantitative estimate of drug-likeness (QED) is 0.924. The van der Waals surface area contributed by atoms with Crippen LogP contribution in [0.2, 0.25) is 0 Å². The Bertz CT molecular complexity index is 414. The molecule has 1 N–H and O–H groups in total. The molecule has 4 nitrogen and oxygen atoms in total. The maximum atomic E-state index is 11.4. The molecule has 0 radical (unpaired) electrons. The minimum absolute atomic E-state index is 0.171. The number of hydrogen-bond donors (Lipinski definition) is 1. The topological polar surface area (TPSA) is 46.9 Å². The minimum Gasteiger partial charge on any atom is -0.378 e. The average molecular weight is 323 g/mol. The zero-order valence-electron chi connectivity index (χ0n) is 7.55. The first-order valence-electron chi connectivity index (χ1n) is 3.81. The maximum absolute atomic E-state index is 11.4. The summed E-state index contributed by atoms with van der Waals surface area (Å²) in [6.45, 7) is 4.22. The van der Waals surface area contributed by atoms with Crippen LogP contribution in [-0.4, -0.2) is 16.3 Å². The van der Waals surface area contributed by atoms with Gasteiger partial charge in [-0.05, 0) is 15.9 Å². The highest BCUT2D eigenvalue weighted by Gasteiger charge is 2.05. The second kappa shape index (κ2) is 4.75. The van der Waals surface area contributed by atoms with Crippen LogP contribution in [0.5, 0.6) is 0 Å². The molecule has 6 heteroatoms. The summed E-state index contributed by atoms with van der Waals surface area (Å²) in [4.78, 5) is 11.4. The Morgan fingerprint density at radius 2 is 2.43 bits per heavy atom. The van der Waals surface area contributed by atoms with Gasteiger partial charge < -0.3 is 5.32 Å². The number of nitrogens with one attached hydrogen (secondary N) is 1. The lowest BCUT2D eigenvalue weighted by atomic mass is 10.4. The summed E-state index contributed by atoms with van der Waals surface area (Å²) in [6, 6.07) is 0. The third-order valence-electron chi connectivity index (χ3n) is 1.55. The fourth-order valence-corrected chi connectivity index (χ4v) is 1.46. The Morgan fingerprint density at radius 3 is 3.00 bits per heavy atom. The lowest BCUT2D eigenvalue weighted by molar-refractivity contribution is 0.703. The van der Waals surface area contributed by atoms with Gasteiger partial charge in [0.15, 0.2) is 0 Å². The van der Waals surface area contributed by atoms with E-state index in [1.54, 1.807) is 13.2 Å². The number of halogens is 2. The van der Waals surface area contributed by atoms with Gasteiger partial charge in [-0.3, -0.25) is 4.79 Å². The molecule has 1 heterocycles. The molecule has 0 saturated heterocycles. The minimum atomic E-state index is -0.171. The second-order valence-corrected chi connectivity index (χ2v) is 4.59. The Hall–Kier alpha value is -0.620. The van der Waals surface area contributed by atoms with E-state index < -0.39 is 0 Å².